The Morgan fingerprint density at radius 3 is 2.41 bits per heavy atom. The molecule has 2 aliphatic rings. The van der Waals surface area contributed by atoms with E-state index in [-0.39, 0.29) is 17.9 Å². The summed E-state index contributed by atoms with van der Waals surface area (Å²) in [4.78, 5) is 41.1. The smallest absolute Gasteiger partial charge is 0.320 e. The number of pyridine rings is 1. The molecule has 0 aliphatic carbocycles. The van der Waals surface area contributed by atoms with Crippen LogP contribution in [0.15, 0.2) is 48.0 Å². The van der Waals surface area contributed by atoms with Crippen LogP contribution in [0.4, 0.5) is 10.6 Å². The summed E-state index contributed by atoms with van der Waals surface area (Å²) in [6.07, 6.45) is 3.49. The van der Waals surface area contributed by atoms with Gasteiger partial charge in [0.25, 0.3) is 5.91 Å². The molecule has 2 aromatic heterocycles. The highest BCUT2D eigenvalue weighted by molar-refractivity contribution is 7.09. The number of methoxy groups -OCH3 is 2. The van der Waals surface area contributed by atoms with Gasteiger partial charge in [-0.15, -0.1) is 11.3 Å². The molecule has 2 saturated heterocycles. The van der Waals surface area contributed by atoms with E-state index in [9.17, 15) is 9.59 Å². The summed E-state index contributed by atoms with van der Waals surface area (Å²) >= 11 is 1.52. The zero-order valence-corrected chi connectivity index (χ0v) is 23.2. The number of thiazole rings is 1. The molecule has 0 bridgehead atoms. The van der Waals surface area contributed by atoms with E-state index in [0.29, 0.717) is 49.9 Å². The van der Waals surface area contributed by atoms with Crippen LogP contribution < -0.4 is 19.7 Å². The van der Waals surface area contributed by atoms with Crippen molar-refractivity contribution in [1.29, 1.82) is 0 Å². The van der Waals surface area contributed by atoms with E-state index in [1.54, 1.807) is 20.4 Å². The van der Waals surface area contributed by atoms with E-state index in [0.717, 1.165) is 42.3 Å². The summed E-state index contributed by atoms with van der Waals surface area (Å²) in [5, 5.41) is 5.71. The number of piperazine rings is 1. The predicted octanol–water partition coefficient (Wildman–Crippen LogP) is 3.61. The minimum atomic E-state index is -0.204. The number of likely N-dealkylation sites (tertiary alicyclic amines) is 1. The summed E-state index contributed by atoms with van der Waals surface area (Å²) < 4.78 is 10.6. The first-order chi connectivity index (χ1) is 19.1. The van der Waals surface area contributed by atoms with Crippen molar-refractivity contribution in [3.8, 4) is 11.5 Å². The first-order valence-corrected chi connectivity index (χ1v) is 14.1. The number of carbonyl (C=O) groups is 2. The molecule has 3 aromatic rings. The molecular formula is C28H34N6O4S. The number of piperidine rings is 1. The van der Waals surface area contributed by atoms with Crippen LogP contribution in [0.25, 0.3) is 0 Å². The number of ether oxygens (including phenoxy) is 2. The van der Waals surface area contributed by atoms with Crippen molar-refractivity contribution < 1.29 is 19.1 Å². The number of hydrogen-bond acceptors (Lipinski definition) is 8. The van der Waals surface area contributed by atoms with E-state index in [4.69, 9.17) is 9.47 Å². The Hall–Kier alpha value is -3.86. The largest absolute Gasteiger partial charge is 0.493 e. The molecular weight excluding hydrogens is 516 g/mol. The van der Waals surface area contributed by atoms with Gasteiger partial charge in [0.15, 0.2) is 11.5 Å². The number of nitrogens with zero attached hydrogens (tertiary/aromatic N) is 5. The molecule has 0 radical (unpaired) electrons. The van der Waals surface area contributed by atoms with Crippen molar-refractivity contribution in [2.45, 2.75) is 25.3 Å². The highest BCUT2D eigenvalue weighted by atomic mass is 32.1. The number of rotatable bonds is 7. The fourth-order valence-electron chi connectivity index (χ4n) is 5.03. The van der Waals surface area contributed by atoms with Gasteiger partial charge in [0.1, 0.15) is 11.5 Å². The minimum Gasteiger partial charge on any atom is -0.493 e. The van der Waals surface area contributed by atoms with E-state index >= 15 is 0 Å². The van der Waals surface area contributed by atoms with E-state index in [1.165, 1.54) is 11.3 Å². The number of urea groups is 1. The average Bonchev–Trinajstić information content (AvgIpc) is 3.50. The zero-order valence-electron chi connectivity index (χ0n) is 22.3. The van der Waals surface area contributed by atoms with Gasteiger partial charge in [-0.05, 0) is 42.7 Å². The molecule has 2 aliphatic heterocycles. The third kappa shape index (κ3) is 6.25. The Balaban J connectivity index is 1.08. The molecule has 3 amide bonds. The molecule has 2 fully saturated rings. The van der Waals surface area contributed by atoms with Gasteiger partial charge in [-0.2, -0.15) is 0 Å². The molecule has 39 heavy (non-hydrogen) atoms. The molecule has 11 heteroatoms. The Kier molecular flexibility index (Phi) is 8.45. The fourth-order valence-corrected chi connectivity index (χ4v) is 6.00. The SMILES string of the molecule is COc1ccc(CNC(=O)c2csc(C3CCN(C(=O)N4CCN(c5ccccn5)CC4)CC3)n2)cc1OC. The summed E-state index contributed by atoms with van der Waals surface area (Å²) in [7, 11) is 3.18. The molecule has 0 atom stereocenters. The number of aromatic nitrogens is 2. The van der Waals surface area contributed by atoms with E-state index in [1.807, 2.05) is 51.6 Å². The van der Waals surface area contributed by atoms with E-state index in [2.05, 4.69) is 20.2 Å². The monoisotopic (exact) mass is 550 g/mol. The summed E-state index contributed by atoms with van der Waals surface area (Å²) in [5.74, 6) is 2.28. The van der Waals surface area contributed by atoms with Crippen LogP contribution in [-0.4, -0.2) is 85.2 Å². The average molecular weight is 551 g/mol. The quantitative estimate of drug-likeness (QED) is 0.480. The molecule has 4 heterocycles. The first kappa shape index (κ1) is 26.7. The Morgan fingerprint density at radius 2 is 1.72 bits per heavy atom. The van der Waals surface area contributed by atoms with Crippen LogP contribution in [0.1, 0.15) is 39.8 Å². The normalized spacial score (nSPS) is 16.2. The molecule has 1 N–H and O–H groups in total. The van der Waals surface area contributed by atoms with Crippen LogP contribution in [0.2, 0.25) is 0 Å². The van der Waals surface area contributed by atoms with Gasteiger partial charge in [-0.3, -0.25) is 4.79 Å². The Morgan fingerprint density at radius 1 is 0.974 bits per heavy atom. The molecule has 0 saturated carbocycles. The third-order valence-electron chi connectivity index (χ3n) is 7.29. The van der Waals surface area contributed by atoms with Crippen LogP contribution >= 0.6 is 11.3 Å². The molecule has 0 unspecified atom stereocenters. The second kappa shape index (κ2) is 12.3. The second-order valence-corrected chi connectivity index (χ2v) is 10.5. The Bertz CT molecular complexity index is 1270. The number of benzene rings is 1. The lowest BCUT2D eigenvalue weighted by atomic mass is 9.98. The van der Waals surface area contributed by atoms with Crippen molar-refractivity contribution >= 4 is 29.1 Å². The van der Waals surface area contributed by atoms with Crippen LogP contribution in [0.5, 0.6) is 11.5 Å². The molecule has 206 valence electrons. The first-order valence-electron chi connectivity index (χ1n) is 13.2. The molecule has 1 aromatic carbocycles. The number of carbonyl (C=O) groups excluding carboxylic acids is 2. The lowest BCUT2D eigenvalue weighted by Gasteiger charge is -2.39. The fraction of sp³-hybridized carbons (Fsp3) is 0.429. The summed E-state index contributed by atoms with van der Waals surface area (Å²) in [5.41, 5.74) is 1.34. The number of anilines is 1. The van der Waals surface area contributed by atoms with Crippen LogP contribution in [0.3, 0.4) is 0 Å². The lowest BCUT2D eigenvalue weighted by molar-refractivity contribution is 0.0946. The maximum absolute atomic E-state index is 13.1. The number of nitrogens with one attached hydrogen (secondary N) is 1. The zero-order chi connectivity index (χ0) is 27.2. The third-order valence-corrected chi connectivity index (χ3v) is 8.30. The second-order valence-electron chi connectivity index (χ2n) is 9.65. The standard InChI is InChI=1S/C28H34N6O4S/c1-37-23-7-6-20(17-24(23)38-2)18-30-26(35)22-19-39-27(31-22)21-8-11-33(12-9-21)28(36)34-15-13-32(14-16-34)25-5-3-4-10-29-25/h3-7,10,17,19,21H,8-9,11-16,18H2,1-2H3,(H,30,35). The van der Waals surface area contributed by atoms with Gasteiger partial charge in [0.2, 0.25) is 0 Å². The van der Waals surface area contributed by atoms with Crippen LogP contribution in [-0.2, 0) is 6.54 Å². The highest BCUT2D eigenvalue weighted by Gasteiger charge is 2.30. The van der Waals surface area contributed by atoms with Gasteiger partial charge < -0.3 is 29.5 Å². The number of hydrogen-bond donors (Lipinski definition) is 1. The molecule has 10 nitrogen and oxygen atoms in total. The van der Waals surface area contributed by atoms with Crippen molar-refractivity contribution in [1.82, 2.24) is 25.1 Å². The summed E-state index contributed by atoms with van der Waals surface area (Å²) in [6, 6.07) is 11.6. The maximum Gasteiger partial charge on any atom is 0.320 e. The predicted molar refractivity (Wildman–Crippen MR) is 150 cm³/mol. The van der Waals surface area contributed by atoms with Crippen molar-refractivity contribution in [2.24, 2.45) is 0 Å². The number of amides is 3. The lowest BCUT2D eigenvalue weighted by Crippen LogP contribution is -2.54. The molecule has 0 spiro atoms. The van der Waals surface area contributed by atoms with Crippen molar-refractivity contribution in [3.05, 3.63) is 64.2 Å². The summed E-state index contributed by atoms with van der Waals surface area (Å²) in [6.45, 7) is 4.73. The van der Waals surface area contributed by atoms with Crippen molar-refractivity contribution in [2.75, 3.05) is 58.4 Å². The van der Waals surface area contributed by atoms with Gasteiger partial charge in [0, 0.05) is 63.3 Å². The van der Waals surface area contributed by atoms with Crippen LogP contribution in [0, 0.1) is 0 Å². The van der Waals surface area contributed by atoms with E-state index < -0.39 is 0 Å². The van der Waals surface area contributed by atoms with Gasteiger partial charge in [-0.25, -0.2) is 14.8 Å². The van der Waals surface area contributed by atoms with Gasteiger partial charge in [-0.1, -0.05) is 12.1 Å². The van der Waals surface area contributed by atoms with Gasteiger partial charge in [0.05, 0.1) is 19.2 Å². The topological polar surface area (TPSA) is 100 Å². The maximum atomic E-state index is 13.1. The van der Waals surface area contributed by atoms with Crippen molar-refractivity contribution in [3.63, 3.8) is 0 Å². The minimum absolute atomic E-state index is 0.114. The highest BCUT2D eigenvalue weighted by Crippen LogP contribution is 2.31. The van der Waals surface area contributed by atoms with Gasteiger partial charge >= 0.3 is 6.03 Å². The molecule has 5 rings (SSSR count). The Labute approximate surface area is 232 Å².